The van der Waals surface area contributed by atoms with Gasteiger partial charge in [0.2, 0.25) is 11.7 Å². The molecule has 5 nitrogen and oxygen atoms in total. The molecule has 0 unspecified atom stereocenters. The maximum Gasteiger partial charge on any atom is 0.228 e. The van der Waals surface area contributed by atoms with E-state index in [1.807, 2.05) is 6.07 Å². The highest BCUT2D eigenvalue weighted by Crippen LogP contribution is 2.20. The lowest BCUT2D eigenvalue weighted by Crippen LogP contribution is -2.37. The Kier molecular flexibility index (Phi) is 3.85. The van der Waals surface area contributed by atoms with Crippen LogP contribution in [-0.2, 0) is 6.42 Å². The molecule has 0 aliphatic rings. The lowest BCUT2D eigenvalue weighted by Gasteiger charge is -2.19. The molecule has 0 atom stereocenters. The number of nitrogens with one attached hydrogen (secondary N) is 1. The zero-order valence-electron chi connectivity index (χ0n) is 11.5. The van der Waals surface area contributed by atoms with Gasteiger partial charge in [-0.05, 0) is 32.9 Å². The van der Waals surface area contributed by atoms with Gasteiger partial charge in [0, 0.05) is 24.1 Å². The zero-order chi connectivity index (χ0) is 13.9. The second-order valence-electron chi connectivity index (χ2n) is 5.49. The number of hydrogen-bond acceptors (Lipinski definition) is 5. The van der Waals surface area contributed by atoms with E-state index in [1.54, 1.807) is 18.2 Å². The zero-order valence-corrected chi connectivity index (χ0v) is 11.5. The number of nitrogens with zero attached hydrogens (tertiary/aromatic N) is 2. The molecule has 5 heteroatoms. The van der Waals surface area contributed by atoms with Gasteiger partial charge in [-0.2, -0.15) is 4.98 Å². The van der Waals surface area contributed by atoms with E-state index < -0.39 is 0 Å². The fraction of sp³-hybridized carbons (Fsp3) is 0.429. The van der Waals surface area contributed by atoms with E-state index in [1.165, 1.54) is 0 Å². The normalized spacial score (nSPS) is 11.7. The van der Waals surface area contributed by atoms with Gasteiger partial charge in [-0.1, -0.05) is 17.3 Å². The molecule has 0 saturated heterocycles. The highest BCUT2D eigenvalue weighted by molar-refractivity contribution is 5.56. The Labute approximate surface area is 112 Å². The van der Waals surface area contributed by atoms with Crippen molar-refractivity contribution >= 4 is 0 Å². The molecular weight excluding hydrogens is 242 g/mol. The molecule has 1 aromatic carbocycles. The highest BCUT2D eigenvalue weighted by atomic mass is 16.5. The van der Waals surface area contributed by atoms with Gasteiger partial charge in [0.1, 0.15) is 5.75 Å². The second-order valence-corrected chi connectivity index (χ2v) is 5.49. The van der Waals surface area contributed by atoms with Crippen molar-refractivity contribution in [3.63, 3.8) is 0 Å². The Morgan fingerprint density at radius 1 is 1.32 bits per heavy atom. The van der Waals surface area contributed by atoms with Gasteiger partial charge in [0.05, 0.1) is 0 Å². The standard InChI is InChI=1S/C14H19N3O2/c1-14(2,3)15-8-7-12-16-13(17-19-12)10-5-4-6-11(18)9-10/h4-6,9,15,18H,7-8H2,1-3H3. The van der Waals surface area contributed by atoms with Gasteiger partial charge in [0.25, 0.3) is 0 Å². The van der Waals surface area contributed by atoms with Crippen LogP contribution < -0.4 is 5.32 Å². The molecule has 0 aliphatic carbocycles. The fourth-order valence-corrected chi connectivity index (χ4v) is 1.66. The van der Waals surface area contributed by atoms with Crippen LogP contribution in [0.1, 0.15) is 26.7 Å². The lowest BCUT2D eigenvalue weighted by molar-refractivity contribution is 0.362. The van der Waals surface area contributed by atoms with Crippen LogP contribution in [0.15, 0.2) is 28.8 Å². The number of phenolic OH excluding ortho intramolecular Hbond substituents is 1. The summed E-state index contributed by atoms with van der Waals surface area (Å²) in [6.45, 7) is 7.11. The summed E-state index contributed by atoms with van der Waals surface area (Å²) in [6, 6.07) is 6.81. The highest BCUT2D eigenvalue weighted by Gasteiger charge is 2.11. The number of benzene rings is 1. The van der Waals surface area contributed by atoms with E-state index in [4.69, 9.17) is 4.52 Å². The molecular formula is C14H19N3O2. The topological polar surface area (TPSA) is 71.2 Å². The van der Waals surface area contributed by atoms with E-state index in [2.05, 4.69) is 36.2 Å². The molecule has 102 valence electrons. The van der Waals surface area contributed by atoms with Gasteiger partial charge in [-0.15, -0.1) is 0 Å². The summed E-state index contributed by atoms with van der Waals surface area (Å²) < 4.78 is 5.19. The van der Waals surface area contributed by atoms with Crippen LogP contribution in [0.2, 0.25) is 0 Å². The Morgan fingerprint density at radius 2 is 2.11 bits per heavy atom. The van der Waals surface area contributed by atoms with Crippen LogP contribution >= 0.6 is 0 Å². The summed E-state index contributed by atoms with van der Waals surface area (Å²) in [5, 5.41) is 16.7. The lowest BCUT2D eigenvalue weighted by atomic mass is 10.1. The van der Waals surface area contributed by atoms with Gasteiger partial charge in [-0.3, -0.25) is 0 Å². The third-order valence-corrected chi connectivity index (χ3v) is 2.57. The van der Waals surface area contributed by atoms with Crippen LogP contribution in [0.5, 0.6) is 5.75 Å². The van der Waals surface area contributed by atoms with Gasteiger partial charge >= 0.3 is 0 Å². The molecule has 1 heterocycles. The van der Waals surface area contributed by atoms with Crippen molar-refractivity contribution in [2.24, 2.45) is 0 Å². The summed E-state index contributed by atoms with van der Waals surface area (Å²) in [5.74, 6) is 1.29. The van der Waals surface area contributed by atoms with Crippen LogP contribution in [0.4, 0.5) is 0 Å². The average Bonchev–Trinajstić information content (AvgIpc) is 2.76. The monoisotopic (exact) mass is 261 g/mol. The minimum Gasteiger partial charge on any atom is -0.508 e. The number of phenols is 1. The first-order chi connectivity index (χ1) is 8.94. The molecule has 0 fully saturated rings. The molecule has 1 aromatic heterocycles. The number of aromatic hydroxyl groups is 1. The van der Waals surface area contributed by atoms with Gasteiger partial charge in [0.15, 0.2) is 0 Å². The molecule has 0 amide bonds. The summed E-state index contributed by atoms with van der Waals surface area (Å²) in [6.07, 6.45) is 0.684. The third kappa shape index (κ3) is 4.06. The largest absolute Gasteiger partial charge is 0.508 e. The molecule has 2 N–H and O–H groups in total. The van der Waals surface area contributed by atoms with Crippen LogP contribution in [0.3, 0.4) is 0 Å². The Bertz CT molecular complexity index is 544. The second kappa shape index (κ2) is 5.40. The van der Waals surface area contributed by atoms with Crippen molar-refractivity contribution in [1.82, 2.24) is 15.5 Å². The summed E-state index contributed by atoms with van der Waals surface area (Å²) in [7, 11) is 0. The Balaban J connectivity index is 1.99. The molecule has 0 saturated carbocycles. The van der Waals surface area contributed by atoms with E-state index in [-0.39, 0.29) is 11.3 Å². The van der Waals surface area contributed by atoms with Crippen molar-refractivity contribution in [1.29, 1.82) is 0 Å². The van der Waals surface area contributed by atoms with E-state index in [0.717, 1.165) is 12.1 Å². The average molecular weight is 261 g/mol. The third-order valence-electron chi connectivity index (χ3n) is 2.57. The van der Waals surface area contributed by atoms with Crippen LogP contribution in [-0.4, -0.2) is 27.3 Å². The first-order valence-electron chi connectivity index (χ1n) is 6.31. The molecule has 2 aromatic rings. The number of rotatable bonds is 4. The Morgan fingerprint density at radius 3 is 2.79 bits per heavy atom. The van der Waals surface area contributed by atoms with E-state index in [9.17, 15) is 5.11 Å². The first kappa shape index (κ1) is 13.5. The smallest absolute Gasteiger partial charge is 0.228 e. The SMILES string of the molecule is CC(C)(C)NCCc1nc(-c2cccc(O)c2)no1. The molecule has 19 heavy (non-hydrogen) atoms. The molecule has 0 aliphatic heterocycles. The maximum absolute atomic E-state index is 9.42. The van der Waals surface area contributed by atoms with Crippen molar-refractivity contribution in [3.8, 4) is 17.1 Å². The molecule has 0 spiro atoms. The summed E-state index contributed by atoms with van der Waals surface area (Å²) >= 11 is 0. The quantitative estimate of drug-likeness (QED) is 0.884. The Hall–Kier alpha value is -1.88. The van der Waals surface area contributed by atoms with E-state index >= 15 is 0 Å². The van der Waals surface area contributed by atoms with Crippen LogP contribution in [0.25, 0.3) is 11.4 Å². The maximum atomic E-state index is 9.42. The molecule has 2 rings (SSSR count). The van der Waals surface area contributed by atoms with Crippen LogP contribution in [0, 0.1) is 0 Å². The predicted molar refractivity (Wildman–Crippen MR) is 72.9 cm³/mol. The number of hydrogen-bond donors (Lipinski definition) is 2. The molecule has 0 bridgehead atoms. The fourth-order valence-electron chi connectivity index (χ4n) is 1.66. The minimum absolute atomic E-state index is 0.0775. The summed E-state index contributed by atoms with van der Waals surface area (Å²) in [4.78, 5) is 4.31. The van der Waals surface area contributed by atoms with E-state index in [0.29, 0.717) is 18.1 Å². The van der Waals surface area contributed by atoms with Crippen molar-refractivity contribution in [2.45, 2.75) is 32.7 Å². The summed E-state index contributed by atoms with van der Waals surface area (Å²) in [5.41, 5.74) is 0.826. The minimum atomic E-state index is 0.0775. The van der Waals surface area contributed by atoms with Crippen molar-refractivity contribution in [2.75, 3.05) is 6.54 Å². The van der Waals surface area contributed by atoms with Gasteiger partial charge < -0.3 is 14.9 Å². The van der Waals surface area contributed by atoms with Crippen molar-refractivity contribution in [3.05, 3.63) is 30.2 Å². The van der Waals surface area contributed by atoms with Gasteiger partial charge in [-0.25, -0.2) is 0 Å². The van der Waals surface area contributed by atoms with Crippen molar-refractivity contribution < 1.29 is 9.63 Å². The first-order valence-corrected chi connectivity index (χ1v) is 6.31. The number of aromatic nitrogens is 2. The molecule has 0 radical (unpaired) electrons. The predicted octanol–water partition coefficient (Wildman–Crippen LogP) is 2.37.